The molecular formula is C26H33F5O3. The van der Waals surface area contributed by atoms with Crippen LogP contribution in [0.3, 0.4) is 0 Å². The fourth-order valence-electron chi connectivity index (χ4n) is 3.75. The molecule has 2 rings (SSSR count). The Hall–Kier alpha value is -2.38. The van der Waals surface area contributed by atoms with Gasteiger partial charge < -0.3 is 9.47 Å². The summed E-state index contributed by atoms with van der Waals surface area (Å²) >= 11 is 0. The molecule has 0 heterocycles. The molecule has 1 atom stereocenters. The first-order valence-corrected chi connectivity index (χ1v) is 11.2. The fraction of sp³-hybridized carbons (Fsp3) is 0.577. The normalized spacial score (nSPS) is 14.2. The SMILES string of the molecule is CCC(C)(C)CC(c1cccc2c(OCC(=O)OCC(F)(F)C(F)(F)F)cccc12)C(C)(C)C. The monoisotopic (exact) mass is 488 g/mol. The summed E-state index contributed by atoms with van der Waals surface area (Å²) in [5, 5.41) is 1.65. The van der Waals surface area contributed by atoms with E-state index in [4.69, 9.17) is 4.74 Å². The fourth-order valence-corrected chi connectivity index (χ4v) is 3.75. The number of alkyl halides is 5. The first kappa shape index (κ1) is 27.9. The quantitative estimate of drug-likeness (QED) is 0.266. The van der Waals surface area contributed by atoms with Gasteiger partial charge in [-0.25, -0.2) is 4.79 Å². The molecule has 0 aliphatic carbocycles. The van der Waals surface area contributed by atoms with E-state index in [0.29, 0.717) is 5.75 Å². The van der Waals surface area contributed by atoms with E-state index in [1.807, 2.05) is 18.2 Å². The highest BCUT2D eigenvalue weighted by atomic mass is 19.4. The van der Waals surface area contributed by atoms with Gasteiger partial charge in [0.2, 0.25) is 0 Å². The van der Waals surface area contributed by atoms with Crippen molar-refractivity contribution in [3.63, 3.8) is 0 Å². The summed E-state index contributed by atoms with van der Waals surface area (Å²) in [5.74, 6) is -5.89. The van der Waals surface area contributed by atoms with Crippen molar-refractivity contribution in [3.05, 3.63) is 42.0 Å². The van der Waals surface area contributed by atoms with Crippen molar-refractivity contribution in [2.24, 2.45) is 10.8 Å². The molecule has 0 spiro atoms. The third-order valence-electron chi connectivity index (χ3n) is 6.23. The molecule has 8 heteroatoms. The van der Waals surface area contributed by atoms with Crippen LogP contribution in [0.2, 0.25) is 0 Å². The minimum Gasteiger partial charge on any atom is -0.481 e. The minimum absolute atomic E-state index is 0.0366. The summed E-state index contributed by atoms with van der Waals surface area (Å²) in [6.45, 7) is 10.3. The van der Waals surface area contributed by atoms with E-state index in [9.17, 15) is 26.7 Å². The molecule has 0 aliphatic heterocycles. The molecule has 1 unspecified atom stereocenters. The molecule has 0 saturated carbocycles. The van der Waals surface area contributed by atoms with Gasteiger partial charge in [0.15, 0.2) is 13.2 Å². The third-order valence-corrected chi connectivity index (χ3v) is 6.23. The maximum atomic E-state index is 13.0. The van der Waals surface area contributed by atoms with Crippen LogP contribution in [0, 0.1) is 10.8 Å². The summed E-state index contributed by atoms with van der Waals surface area (Å²) < 4.78 is 72.3. The number of halogens is 5. The molecule has 0 saturated heterocycles. The second kappa shape index (κ2) is 10.1. The van der Waals surface area contributed by atoms with E-state index in [0.717, 1.165) is 29.2 Å². The number of hydrogen-bond donors (Lipinski definition) is 0. The Kier molecular flexibility index (Phi) is 8.26. The molecular weight excluding hydrogens is 455 g/mol. The van der Waals surface area contributed by atoms with Gasteiger partial charge in [0, 0.05) is 5.39 Å². The average Bonchev–Trinajstić information content (AvgIpc) is 2.72. The van der Waals surface area contributed by atoms with Gasteiger partial charge >= 0.3 is 18.1 Å². The number of ether oxygens (including phenoxy) is 2. The molecule has 34 heavy (non-hydrogen) atoms. The minimum atomic E-state index is -5.80. The highest BCUT2D eigenvalue weighted by molar-refractivity contribution is 5.91. The van der Waals surface area contributed by atoms with Crippen molar-refractivity contribution in [1.29, 1.82) is 0 Å². The van der Waals surface area contributed by atoms with E-state index in [-0.39, 0.29) is 16.7 Å². The van der Waals surface area contributed by atoms with Crippen LogP contribution < -0.4 is 4.74 Å². The summed E-state index contributed by atoms with van der Waals surface area (Å²) in [6, 6.07) is 11.1. The summed E-state index contributed by atoms with van der Waals surface area (Å²) in [5.41, 5.74) is 1.21. The number of hydrogen-bond acceptors (Lipinski definition) is 3. The van der Waals surface area contributed by atoms with E-state index in [1.54, 1.807) is 12.1 Å². The predicted molar refractivity (Wildman–Crippen MR) is 122 cm³/mol. The second-order valence-corrected chi connectivity index (χ2v) is 10.5. The van der Waals surface area contributed by atoms with Crippen molar-refractivity contribution in [2.45, 2.75) is 72.4 Å². The molecule has 0 aliphatic rings. The van der Waals surface area contributed by atoms with Crippen LogP contribution in [0.15, 0.2) is 36.4 Å². The molecule has 0 bridgehead atoms. The number of carbonyl (C=O) groups excluding carboxylic acids is 1. The molecule has 0 aromatic heterocycles. The van der Waals surface area contributed by atoms with Crippen LogP contribution in [0.1, 0.15) is 65.9 Å². The average molecular weight is 489 g/mol. The smallest absolute Gasteiger partial charge is 0.456 e. The van der Waals surface area contributed by atoms with Gasteiger partial charge in [-0.15, -0.1) is 0 Å². The number of benzene rings is 2. The maximum absolute atomic E-state index is 13.0. The first-order chi connectivity index (χ1) is 15.5. The molecule has 3 nitrogen and oxygen atoms in total. The Bertz CT molecular complexity index is 990. The predicted octanol–water partition coefficient (Wildman–Crippen LogP) is 7.92. The molecule has 190 valence electrons. The largest absolute Gasteiger partial charge is 0.481 e. The van der Waals surface area contributed by atoms with Gasteiger partial charge in [-0.2, -0.15) is 22.0 Å². The van der Waals surface area contributed by atoms with Gasteiger partial charge in [0.05, 0.1) is 0 Å². The Morgan fingerprint density at radius 2 is 1.50 bits per heavy atom. The standard InChI is InChI=1S/C26H33F5O3/c1-7-24(5,6)14-20(23(2,3)4)18-11-8-12-19-17(18)10-9-13-21(19)33-15-22(32)34-16-25(27,28)26(29,30)31/h8-13,20H,7,14-16H2,1-6H3. The van der Waals surface area contributed by atoms with Crippen molar-refractivity contribution in [2.75, 3.05) is 13.2 Å². The lowest BCUT2D eigenvalue weighted by atomic mass is 9.67. The van der Waals surface area contributed by atoms with E-state index in [1.165, 1.54) is 0 Å². The Morgan fingerprint density at radius 1 is 0.912 bits per heavy atom. The molecule has 2 aromatic rings. The van der Waals surface area contributed by atoms with E-state index in [2.05, 4.69) is 52.3 Å². The molecule has 0 N–H and O–H groups in total. The van der Waals surface area contributed by atoms with Crippen LogP contribution >= 0.6 is 0 Å². The van der Waals surface area contributed by atoms with Crippen molar-refractivity contribution >= 4 is 16.7 Å². The number of fused-ring (bicyclic) bond motifs is 1. The zero-order valence-electron chi connectivity index (χ0n) is 20.5. The number of carbonyl (C=O) groups is 1. The van der Waals surface area contributed by atoms with E-state index >= 15 is 0 Å². The summed E-state index contributed by atoms with van der Waals surface area (Å²) in [7, 11) is 0. The lowest BCUT2D eigenvalue weighted by Gasteiger charge is -2.38. The van der Waals surface area contributed by atoms with Gasteiger partial charge in [-0.1, -0.05) is 78.3 Å². The van der Waals surface area contributed by atoms with Crippen LogP contribution in [0.25, 0.3) is 10.8 Å². The summed E-state index contributed by atoms with van der Waals surface area (Å²) in [6.07, 6.45) is -3.82. The molecule has 0 radical (unpaired) electrons. The Balaban J connectivity index is 2.28. The lowest BCUT2D eigenvalue weighted by molar-refractivity contribution is -0.294. The Morgan fingerprint density at radius 3 is 2.06 bits per heavy atom. The topological polar surface area (TPSA) is 35.5 Å². The summed E-state index contributed by atoms with van der Waals surface area (Å²) in [4.78, 5) is 11.8. The zero-order valence-corrected chi connectivity index (χ0v) is 20.5. The highest BCUT2D eigenvalue weighted by Gasteiger charge is 2.58. The van der Waals surface area contributed by atoms with Crippen molar-refractivity contribution in [3.8, 4) is 5.75 Å². The number of rotatable bonds is 9. The highest BCUT2D eigenvalue weighted by Crippen LogP contribution is 2.47. The van der Waals surface area contributed by atoms with Crippen LogP contribution in [-0.2, 0) is 9.53 Å². The number of esters is 1. The van der Waals surface area contributed by atoms with Gasteiger partial charge in [0.1, 0.15) is 5.75 Å². The van der Waals surface area contributed by atoms with Gasteiger partial charge in [-0.05, 0) is 40.2 Å². The van der Waals surface area contributed by atoms with Crippen molar-refractivity contribution in [1.82, 2.24) is 0 Å². The molecule has 0 fully saturated rings. The lowest BCUT2D eigenvalue weighted by Crippen LogP contribution is -2.41. The third kappa shape index (κ3) is 6.83. The van der Waals surface area contributed by atoms with Crippen molar-refractivity contribution < 1.29 is 36.2 Å². The van der Waals surface area contributed by atoms with Gasteiger partial charge in [0.25, 0.3) is 0 Å². The van der Waals surface area contributed by atoms with Crippen LogP contribution in [-0.4, -0.2) is 31.3 Å². The van der Waals surface area contributed by atoms with Crippen LogP contribution in [0.5, 0.6) is 5.75 Å². The maximum Gasteiger partial charge on any atom is 0.456 e. The molecule has 0 amide bonds. The Labute approximate surface area is 197 Å². The van der Waals surface area contributed by atoms with Gasteiger partial charge in [-0.3, -0.25) is 0 Å². The second-order valence-electron chi connectivity index (χ2n) is 10.5. The first-order valence-electron chi connectivity index (χ1n) is 11.2. The van der Waals surface area contributed by atoms with E-state index < -0.39 is 31.3 Å². The molecule has 2 aromatic carbocycles. The van der Waals surface area contributed by atoms with Crippen LogP contribution in [0.4, 0.5) is 22.0 Å². The zero-order chi connectivity index (χ0) is 25.9.